The minimum atomic E-state index is -0.671. The van der Waals surface area contributed by atoms with Crippen molar-refractivity contribution < 1.29 is 19.6 Å². The van der Waals surface area contributed by atoms with Crippen molar-refractivity contribution in [1.29, 1.82) is 0 Å². The predicted octanol–water partition coefficient (Wildman–Crippen LogP) is 1.83. The Kier molecular flexibility index (Phi) is 2.71. The van der Waals surface area contributed by atoms with Crippen LogP contribution in [0.4, 0.5) is 5.69 Å². The first-order valence-electron chi connectivity index (χ1n) is 5.16. The van der Waals surface area contributed by atoms with Gasteiger partial charge in [0.15, 0.2) is 11.5 Å². The number of methoxy groups -OCH3 is 1. The maximum atomic E-state index is 11.7. The molecule has 0 saturated carbocycles. The van der Waals surface area contributed by atoms with Gasteiger partial charge in [-0.3, -0.25) is 14.9 Å². The van der Waals surface area contributed by atoms with E-state index in [1.54, 1.807) is 0 Å². The number of hydrogen-bond acceptors (Lipinski definition) is 5. The molecular formula is C11H11NO5. The van der Waals surface area contributed by atoms with Crippen LogP contribution in [0.5, 0.6) is 11.5 Å². The molecule has 0 radical (unpaired) electrons. The standard InChI is InChI=1S/C11H11NO5/c1-17-9-5-7-6(3-2-4-8(7)13)10(11(9)14)12(15)16/h5,14H,2-4H2,1H3. The summed E-state index contributed by atoms with van der Waals surface area (Å²) in [7, 11) is 1.29. The highest BCUT2D eigenvalue weighted by atomic mass is 16.6. The Balaban J connectivity index is 2.75. The van der Waals surface area contributed by atoms with Crippen LogP contribution in [0, 0.1) is 10.1 Å². The maximum absolute atomic E-state index is 11.7. The molecule has 0 heterocycles. The molecule has 0 saturated heterocycles. The highest BCUT2D eigenvalue weighted by Crippen LogP contribution is 2.43. The summed E-state index contributed by atoms with van der Waals surface area (Å²) in [6, 6.07) is 1.37. The number of phenols is 1. The number of hydrogen-bond donors (Lipinski definition) is 1. The summed E-state index contributed by atoms with van der Waals surface area (Å²) < 4.78 is 4.84. The number of nitrogens with zero attached hydrogens (tertiary/aromatic N) is 1. The number of ether oxygens (including phenoxy) is 1. The van der Waals surface area contributed by atoms with E-state index in [1.807, 2.05) is 0 Å². The van der Waals surface area contributed by atoms with Gasteiger partial charge in [0.2, 0.25) is 5.75 Å². The van der Waals surface area contributed by atoms with E-state index in [4.69, 9.17) is 4.74 Å². The number of ketones is 1. The Hall–Kier alpha value is -2.11. The number of Topliss-reactive ketones (excluding diaryl/α,β-unsaturated/α-hetero) is 1. The third-order valence-electron chi connectivity index (χ3n) is 2.88. The van der Waals surface area contributed by atoms with E-state index in [-0.39, 0.29) is 17.1 Å². The van der Waals surface area contributed by atoms with Crippen molar-refractivity contribution in [2.24, 2.45) is 0 Å². The summed E-state index contributed by atoms with van der Waals surface area (Å²) in [6.45, 7) is 0. The average Bonchev–Trinajstić information content (AvgIpc) is 2.28. The average molecular weight is 237 g/mol. The van der Waals surface area contributed by atoms with Crippen LogP contribution >= 0.6 is 0 Å². The van der Waals surface area contributed by atoms with Crippen LogP contribution < -0.4 is 4.74 Å². The van der Waals surface area contributed by atoms with Crippen LogP contribution in [0.1, 0.15) is 28.8 Å². The first kappa shape index (κ1) is 11.4. The number of fused-ring (bicyclic) bond motifs is 1. The van der Waals surface area contributed by atoms with Crippen LogP contribution in [0.25, 0.3) is 0 Å². The van der Waals surface area contributed by atoms with E-state index >= 15 is 0 Å². The van der Waals surface area contributed by atoms with Gasteiger partial charge in [-0.15, -0.1) is 0 Å². The van der Waals surface area contributed by atoms with Gasteiger partial charge in [-0.2, -0.15) is 0 Å². The van der Waals surface area contributed by atoms with E-state index in [1.165, 1.54) is 13.2 Å². The van der Waals surface area contributed by atoms with E-state index in [9.17, 15) is 20.0 Å². The molecule has 6 nitrogen and oxygen atoms in total. The fourth-order valence-corrected chi connectivity index (χ4v) is 2.09. The molecule has 0 aliphatic heterocycles. The molecule has 1 aromatic rings. The molecule has 0 fully saturated rings. The van der Waals surface area contributed by atoms with Gasteiger partial charge < -0.3 is 9.84 Å². The van der Waals surface area contributed by atoms with Crippen LogP contribution in [0.3, 0.4) is 0 Å². The van der Waals surface area contributed by atoms with Crippen molar-refractivity contribution in [3.63, 3.8) is 0 Å². The number of aromatic hydroxyl groups is 1. The molecule has 17 heavy (non-hydrogen) atoms. The lowest BCUT2D eigenvalue weighted by molar-refractivity contribution is -0.386. The summed E-state index contributed by atoms with van der Waals surface area (Å²) in [4.78, 5) is 22.0. The lowest BCUT2D eigenvalue weighted by Crippen LogP contribution is -2.13. The molecule has 0 amide bonds. The number of phenolic OH excluding ortho intramolecular Hbond substituents is 1. The molecule has 1 aromatic carbocycles. The van der Waals surface area contributed by atoms with Crippen molar-refractivity contribution >= 4 is 11.5 Å². The lowest BCUT2D eigenvalue weighted by atomic mass is 9.89. The second-order valence-corrected chi connectivity index (χ2v) is 3.84. The number of rotatable bonds is 2. The normalized spacial score (nSPS) is 14.3. The van der Waals surface area contributed by atoms with Crippen molar-refractivity contribution in [1.82, 2.24) is 0 Å². The highest BCUT2D eigenvalue weighted by Gasteiger charge is 2.31. The van der Waals surface area contributed by atoms with Gasteiger partial charge in [-0.05, 0) is 18.9 Å². The molecular weight excluding hydrogens is 226 g/mol. The molecule has 6 heteroatoms. The molecule has 1 aliphatic rings. The van der Waals surface area contributed by atoms with E-state index in [2.05, 4.69) is 0 Å². The molecule has 2 rings (SSSR count). The van der Waals surface area contributed by atoms with E-state index < -0.39 is 16.4 Å². The summed E-state index contributed by atoms with van der Waals surface area (Å²) in [5, 5.41) is 20.7. The second-order valence-electron chi connectivity index (χ2n) is 3.84. The topological polar surface area (TPSA) is 89.7 Å². The zero-order valence-electron chi connectivity index (χ0n) is 9.23. The largest absolute Gasteiger partial charge is 0.500 e. The van der Waals surface area contributed by atoms with Gasteiger partial charge in [0.25, 0.3) is 0 Å². The lowest BCUT2D eigenvalue weighted by Gasteiger charge is -2.16. The maximum Gasteiger partial charge on any atom is 0.318 e. The molecule has 1 aliphatic carbocycles. The summed E-state index contributed by atoms with van der Waals surface area (Å²) in [6.07, 6.45) is 1.37. The zero-order chi connectivity index (χ0) is 12.6. The Bertz CT molecular complexity index is 509. The number of benzene rings is 1. The van der Waals surface area contributed by atoms with Crippen LogP contribution in [-0.4, -0.2) is 22.9 Å². The number of nitro groups is 1. The monoisotopic (exact) mass is 237 g/mol. The Labute approximate surface area is 97.0 Å². The minimum absolute atomic E-state index is 0.0364. The minimum Gasteiger partial charge on any atom is -0.500 e. The van der Waals surface area contributed by atoms with E-state index in [0.717, 1.165) is 0 Å². The number of nitro benzene ring substituents is 1. The summed E-state index contributed by atoms with van der Waals surface area (Å²) in [5.41, 5.74) is 0.189. The van der Waals surface area contributed by atoms with Gasteiger partial charge in [-0.25, -0.2) is 0 Å². The Morgan fingerprint density at radius 3 is 2.76 bits per heavy atom. The smallest absolute Gasteiger partial charge is 0.318 e. The van der Waals surface area contributed by atoms with E-state index in [0.29, 0.717) is 24.8 Å². The third kappa shape index (κ3) is 1.71. The number of carbonyl (C=O) groups excluding carboxylic acids is 1. The third-order valence-corrected chi connectivity index (χ3v) is 2.88. The van der Waals surface area contributed by atoms with Gasteiger partial charge >= 0.3 is 5.69 Å². The first-order valence-corrected chi connectivity index (χ1v) is 5.16. The van der Waals surface area contributed by atoms with Crippen molar-refractivity contribution in [2.45, 2.75) is 19.3 Å². The first-order chi connectivity index (χ1) is 8.06. The predicted molar refractivity (Wildman–Crippen MR) is 58.6 cm³/mol. The Morgan fingerprint density at radius 1 is 1.47 bits per heavy atom. The SMILES string of the molecule is COc1cc2c(c([N+](=O)[O-])c1O)CCCC2=O. The van der Waals surface area contributed by atoms with Crippen molar-refractivity contribution in [3.05, 3.63) is 27.3 Å². The molecule has 0 spiro atoms. The van der Waals surface area contributed by atoms with Crippen molar-refractivity contribution in [2.75, 3.05) is 7.11 Å². The van der Waals surface area contributed by atoms with Crippen LogP contribution in [0.2, 0.25) is 0 Å². The summed E-state index contributed by atoms with van der Waals surface area (Å²) in [5.74, 6) is -0.690. The fraction of sp³-hybridized carbons (Fsp3) is 0.364. The van der Waals surface area contributed by atoms with Gasteiger partial charge in [0.05, 0.1) is 12.0 Å². The van der Waals surface area contributed by atoms with Crippen LogP contribution in [-0.2, 0) is 6.42 Å². The van der Waals surface area contributed by atoms with Gasteiger partial charge in [0.1, 0.15) is 0 Å². The second kappa shape index (κ2) is 4.04. The Morgan fingerprint density at radius 2 is 2.18 bits per heavy atom. The molecule has 0 aromatic heterocycles. The van der Waals surface area contributed by atoms with Crippen molar-refractivity contribution in [3.8, 4) is 11.5 Å². The van der Waals surface area contributed by atoms with Gasteiger partial charge in [0, 0.05) is 17.5 Å². The molecule has 0 atom stereocenters. The molecule has 90 valence electrons. The molecule has 0 unspecified atom stereocenters. The zero-order valence-corrected chi connectivity index (χ0v) is 9.23. The highest BCUT2D eigenvalue weighted by molar-refractivity contribution is 6.00. The van der Waals surface area contributed by atoms with Gasteiger partial charge in [-0.1, -0.05) is 0 Å². The quantitative estimate of drug-likeness (QED) is 0.626. The number of carbonyl (C=O) groups is 1. The summed E-state index contributed by atoms with van der Waals surface area (Å²) >= 11 is 0. The molecule has 1 N–H and O–H groups in total. The van der Waals surface area contributed by atoms with Crippen LogP contribution in [0.15, 0.2) is 6.07 Å². The fourth-order valence-electron chi connectivity index (χ4n) is 2.09. The molecule has 0 bridgehead atoms.